The number of carboxylic acids is 1. The first kappa shape index (κ1) is 8.19. The van der Waals surface area contributed by atoms with Crippen molar-refractivity contribution in [2.24, 2.45) is 0 Å². The van der Waals surface area contributed by atoms with Crippen LogP contribution in [0.2, 0.25) is 0 Å². The third-order valence-electron chi connectivity index (χ3n) is 0.494. The summed E-state index contributed by atoms with van der Waals surface area (Å²) in [6.07, 6.45) is -9.23. The predicted octanol–water partition coefficient (Wildman–Crippen LogP) is -0.363. The topological polar surface area (TPSA) is 40.1 Å². The van der Waals surface area contributed by atoms with Gasteiger partial charge in [-0.3, -0.25) is 0 Å². The fourth-order valence-electron chi connectivity index (χ4n) is 0.134. The van der Waals surface area contributed by atoms with Crippen molar-refractivity contribution < 1.29 is 27.5 Å². The van der Waals surface area contributed by atoms with E-state index in [2.05, 4.69) is 0 Å². The molecule has 6 heteroatoms. The molecule has 0 amide bonds. The van der Waals surface area contributed by atoms with Crippen molar-refractivity contribution >= 4 is 5.97 Å². The summed E-state index contributed by atoms with van der Waals surface area (Å²) in [5.41, 5.74) is 0. The Morgan fingerprint density at radius 2 is 1.78 bits per heavy atom. The van der Waals surface area contributed by atoms with E-state index in [0.717, 1.165) is 0 Å². The lowest BCUT2D eigenvalue weighted by molar-refractivity contribution is -0.326. The highest BCUT2D eigenvalue weighted by Crippen LogP contribution is 2.21. The molecule has 0 rings (SSSR count). The van der Waals surface area contributed by atoms with E-state index in [4.69, 9.17) is 9.90 Å². The Morgan fingerprint density at radius 1 is 1.44 bits per heavy atom. The number of hydrogen-bond donors (Lipinski definition) is 0. The van der Waals surface area contributed by atoms with E-state index in [1.54, 1.807) is 0 Å². The number of halogens is 4. The highest BCUT2D eigenvalue weighted by atomic mass is 19.4. The Balaban J connectivity index is 4.04. The van der Waals surface area contributed by atoms with Crippen LogP contribution in [0.1, 0.15) is 0 Å². The second-order valence-electron chi connectivity index (χ2n) is 1.22. The Bertz CT molecular complexity index is 117. The lowest BCUT2D eigenvalue weighted by Crippen LogP contribution is -2.42. The van der Waals surface area contributed by atoms with Gasteiger partial charge in [-0.25, -0.2) is 4.39 Å². The summed E-state index contributed by atoms with van der Waals surface area (Å²) >= 11 is 0. The SMILES string of the molecule is O=C([O-])[C@@H](F)C(F)(F)F. The van der Waals surface area contributed by atoms with Gasteiger partial charge in [-0.2, -0.15) is 13.2 Å². The maximum Gasteiger partial charge on any atom is 0.425 e. The Morgan fingerprint density at radius 3 is 1.78 bits per heavy atom. The summed E-state index contributed by atoms with van der Waals surface area (Å²) in [5, 5.41) is 9.14. The van der Waals surface area contributed by atoms with Crippen molar-refractivity contribution in [3.8, 4) is 0 Å². The fraction of sp³-hybridized carbons (Fsp3) is 0.667. The molecule has 1 atom stereocenters. The molecule has 0 radical (unpaired) electrons. The molecule has 0 aliphatic heterocycles. The van der Waals surface area contributed by atoms with Crippen molar-refractivity contribution in [2.75, 3.05) is 0 Å². The highest BCUT2D eigenvalue weighted by Gasteiger charge is 2.41. The van der Waals surface area contributed by atoms with Gasteiger partial charge in [0.25, 0.3) is 0 Å². The van der Waals surface area contributed by atoms with Crippen LogP contribution in [0, 0.1) is 0 Å². The molecular formula is C3HF4O2-. The molecule has 0 aliphatic rings. The second kappa shape index (κ2) is 2.20. The minimum Gasteiger partial charge on any atom is -0.547 e. The lowest BCUT2D eigenvalue weighted by atomic mass is 10.4. The summed E-state index contributed by atoms with van der Waals surface area (Å²) < 4.78 is 44.0. The zero-order chi connectivity index (χ0) is 7.65. The smallest absolute Gasteiger partial charge is 0.425 e. The Hall–Kier alpha value is -0.810. The molecular weight excluding hydrogens is 144 g/mol. The maximum absolute atomic E-state index is 11.2. The van der Waals surface area contributed by atoms with Gasteiger partial charge in [0.15, 0.2) is 0 Å². The van der Waals surface area contributed by atoms with Crippen LogP contribution < -0.4 is 5.11 Å². The minimum absolute atomic E-state index is 2.76. The zero-order valence-electron chi connectivity index (χ0n) is 3.91. The van der Waals surface area contributed by atoms with E-state index < -0.39 is 18.3 Å². The average Bonchev–Trinajstić information content (AvgIpc) is 1.62. The molecule has 0 aromatic carbocycles. The van der Waals surface area contributed by atoms with Gasteiger partial charge in [0.05, 0.1) is 5.97 Å². The van der Waals surface area contributed by atoms with Crippen molar-refractivity contribution in [2.45, 2.75) is 12.3 Å². The molecule has 54 valence electrons. The van der Waals surface area contributed by atoms with E-state index in [9.17, 15) is 17.6 Å². The van der Waals surface area contributed by atoms with Crippen LogP contribution in [0.4, 0.5) is 17.6 Å². The average molecular weight is 145 g/mol. The van der Waals surface area contributed by atoms with Gasteiger partial charge in [0.1, 0.15) is 0 Å². The van der Waals surface area contributed by atoms with Crippen LogP contribution in [-0.2, 0) is 4.79 Å². The number of carbonyl (C=O) groups is 1. The molecule has 0 heterocycles. The van der Waals surface area contributed by atoms with Crippen LogP contribution in [0.3, 0.4) is 0 Å². The second-order valence-corrected chi connectivity index (χ2v) is 1.22. The Labute approximate surface area is 47.1 Å². The van der Waals surface area contributed by atoms with Crippen molar-refractivity contribution in [1.29, 1.82) is 0 Å². The van der Waals surface area contributed by atoms with E-state index in [0.29, 0.717) is 0 Å². The van der Waals surface area contributed by atoms with Gasteiger partial charge in [-0.1, -0.05) is 0 Å². The largest absolute Gasteiger partial charge is 0.547 e. The molecule has 0 N–H and O–H groups in total. The fourth-order valence-corrected chi connectivity index (χ4v) is 0.134. The third-order valence-corrected chi connectivity index (χ3v) is 0.494. The van der Waals surface area contributed by atoms with Crippen LogP contribution in [0.5, 0.6) is 0 Å². The van der Waals surface area contributed by atoms with Gasteiger partial charge in [-0.15, -0.1) is 0 Å². The van der Waals surface area contributed by atoms with Crippen LogP contribution in [0.25, 0.3) is 0 Å². The van der Waals surface area contributed by atoms with Crippen molar-refractivity contribution in [3.63, 3.8) is 0 Å². The standard InChI is InChI=1S/C3H2F4O2/c4-1(2(8)9)3(5,6)7/h1H,(H,8,9)/p-1/t1-/m1/s1. The first-order valence-corrected chi connectivity index (χ1v) is 1.77. The van der Waals surface area contributed by atoms with Gasteiger partial charge in [0, 0.05) is 0 Å². The predicted molar refractivity (Wildman–Crippen MR) is 16.0 cm³/mol. The molecule has 2 nitrogen and oxygen atoms in total. The van der Waals surface area contributed by atoms with Crippen LogP contribution in [-0.4, -0.2) is 18.3 Å². The third kappa shape index (κ3) is 2.29. The van der Waals surface area contributed by atoms with Crippen LogP contribution >= 0.6 is 0 Å². The van der Waals surface area contributed by atoms with Gasteiger partial charge < -0.3 is 9.90 Å². The molecule has 0 bridgehead atoms. The van der Waals surface area contributed by atoms with Gasteiger partial charge >= 0.3 is 6.18 Å². The number of aliphatic carboxylic acids is 1. The summed E-state index contributed by atoms with van der Waals surface area (Å²) in [6.45, 7) is 0. The molecule has 0 unspecified atom stereocenters. The molecule has 9 heavy (non-hydrogen) atoms. The summed E-state index contributed by atoms with van der Waals surface area (Å²) in [6, 6.07) is 0. The number of rotatable bonds is 1. The van der Waals surface area contributed by atoms with Gasteiger partial charge in [-0.05, 0) is 0 Å². The summed E-state index contributed by atoms with van der Waals surface area (Å²) in [5.74, 6) is -2.76. The molecule has 0 saturated heterocycles. The number of carbonyl (C=O) groups excluding carboxylic acids is 1. The van der Waals surface area contributed by atoms with Crippen LogP contribution in [0.15, 0.2) is 0 Å². The first-order chi connectivity index (χ1) is 3.85. The Kier molecular flexibility index (Phi) is 2.00. The molecule has 0 aromatic rings. The maximum atomic E-state index is 11.2. The number of hydrogen-bond acceptors (Lipinski definition) is 2. The van der Waals surface area contributed by atoms with Crippen molar-refractivity contribution in [3.05, 3.63) is 0 Å². The summed E-state index contributed by atoms with van der Waals surface area (Å²) in [7, 11) is 0. The van der Waals surface area contributed by atoms with E-state index in [1.807, 2.05) is 0 Å². The first-order valence-electron chi connectivity index (χ1n) is 1.77. The van der Waals surface area contributed by atoms with Gasteiger partial charge in [0.2, 0.25) is 6.17 Å². The normalized spacial score (nSPS) is 15.1. The zero-order valence-corrected chi connectivity index (χ0v) is 3.91. The monoisotopic (exact) mass is 145 g/mol. The lowest BCUT2D eigenvalue weighted by Gasteiger charge is -2.11. The van der Waals surface area contributed by atoms with E-state index in [-0.39, 0.29) is 0 Å². The van der Waals surface area contributed by atoms with E-state index >= 15 is 0 Å². The van der Waals surface area contributed by atoms with E-state index in [1.165, 1.54) is 0 Å². The molecule has 0 aromatic heterocycles. The molecule has 0 spiro atoms. The van der Waals surface area contributed by atoms with Crippen molar-refractivity contribution in [1.82, 2.24) is 0 Å². The number of carboxylic acid groups (broad SMARTS) is 1. The number of alkyl halides is 4. The molecule has 0 aliphatic carbocycles. The highest BCUT2D eigenvalue weighted by molar-refractivity contribution is 5.70. The molecule has 0 saturated carbocycles. The minimum atomic E-state index is -5.35. The molecule has 0 fully saturated rings. The summed E-state index contributed by atoms with van der Waals surface area (Å²) in [4.78, 5) is 9.14. The quantitative estimate of drug-likeness (QED) is 0.472.